The van der Waals surface area contributed by atoms with Gasteiger partial charge >= 0.3 is 12.1 Å². The summed E-state index contributed by atoms with van der Waals surface area (Å²) in [5.41, 5.74) is 4.63. The standard InChI is InChI=1S/C23H25NO4/c1-14(2)20-11-12-21(22(25)26)24(20)23(27)28-13-19-17-9-5-3-7-15(17)16-8-4-6-10-18(16)19/h3-10,14,19-21H,11-13H2,1-2H3,(H,25,26)/t20-,21-/m0/s1. The van der Waals surface area contributed by atoms with E-state index in [-0.39, 0.29) is 24.5 Å². The van der Waals surface area contributed by atoms with Crippen LogP contribution in [0.25, 0.3) is 11.1 Å². The molecule has 1 amide bonds. The van der Waals surface area contributed by atoms with E-state index < -0.39 is 18.1 Å². The van der Waals surface area contributed by atoms with Gasteiger partial charge in [-0.25, -0.2) is 9.59 Å². The highest BCUT2D eigenvalue weighted by Crippen LogP contribution is 2.44. The molecule has 1 heterocycles. The average Bonchev–Trinajstić information content (AvgIpc) is 3.27. The third-order valence-electron chi connectivity index (χ3n) is 6.03. The van der Waals surface area contributed by atoms with Crippen LogP contribution in [0.4, 0.5) is 4.79 Å². The molecule has 1 aliphatic heterocycles. The highest BCUT2D eigenvalue weighted by atomic mass is 16.6. The predicted molar refractivity (Wildman–Crippen MR) is 106 cm³/mol. The molecule has 0 radical (unpaired) electrons. The van der Waals surface area contributed by atoms with Gasteiger partial charge in [-0.15, -0.1) is 0 Å². The molecular formula is C23H25NO4. The zero-order chi connectivity index (χ0) is 19.8. The molecule has 0 bridgehead atoms. The topological polar surface area (TPSA) is 66.8 Å². The summed E-state index contributed by atoms with van der Waals surface area (Å²) in [4.78, 5) is 26.0. The Morgan fingerprint density at radius 1 is 1.04 bits per heavy atom. The van der Waals surface area contributed by atoms with Crippen molar-refractivity contribution in [2.75, 3.05) is 6.61 Å². The number of carboxylic acids is 1. The molecule has 5 nitrogen and oxygen atoms in total. The molecule has 5 heteroatoms. The summed E-state index contributed by atoms with van der Waals surface area (Å²) in [6.07, 6.45) is 0.645. The van der Waals surface area contributed by atoms with E-state index >= 15 is 0 Å². The van der Waals surface area contributed by atoms with Gasteiger partial charge in [0, 0.05) is 12.0 Å². The van der Waals surface area contributed by atoms with Crippen LogP contribution in [0.2, 0.25) is 0 Å². The van der Waals surface area contributed by atoms with Crippen molar-refractivity contribution in [3.05, 3.63) is 59.7 Å². The van der Waals surface area contributed by atoms with Crippen molar-refractivity contribution in [3.8, 4) is 11.1 Å². The maximum atomic E-state index is 12.9. The van der Waals surface area contributed by atoms with Gasteiger partial charge in [0.25, 0.3) is 0 Å². The molecular weight excluding hydrogens is 354 g/mol. The van der Waals surface area contributed by atoms with Crippen molar-refractivity contribution in [1.82, 2.24) is 4.90 Å². The lowest BCUT2D eigenvalue weighted by molar-refractivity contribution is -0.142. The van der Waals surface area contributed by atoms with E-state index in [1.165, 1.54) is 16.0 Å². The normalized spacial score (nSPS) is 20.9. The van der Waals surface area contributed by atoms with Gasteiger partial charge in [-0.05, 0) is 41.0 Å². The zero-order valence-electron chi connectivity index (χ0n) is 16.2. The first-order chi connectivity index (χ1) is 13.5. The van der Waals surface area contributed by atoms with Crippen LogP contribution in [-0.4, -0.2) is 40.8 Å². The number of hydrogen-bond donors (Lipinski definition) is 1. The molecule has 1 saturated heterocycles. The van der Waals surface area contributed by atoms with Gasteiger partial charge in [0.15, 0.2) is 0 Å². The predicted octanol–water partition coefficient (Wildman–Crippen LogP) is 4.51. The van der Waals surface area contributed by atoms with E-state index in [0.717, 1.165) is 11.1 Å². The minimum atomic E-state index is -0.961. The van der Waals surface area contributed by atoms with E-state index in [2.05, 4.69) is 24.3 Å². The van der Waals surface area contributed by atoms with Crippen LogP contribution in [0.5, 0.6) is 0 Å². The number of hydrogen-bond acceptors (Lipinski definition) is 3. The highest BCUT2D eigenvalue weighted by molar-refractivity contribution is 5.82. The molecule has 28 heavy (non-hydrogen) atoms. The second-order valence-electron chi connectivity index (χ2n) is 7.95. The first-order valence-corrected chi connectivity index (χ1v) is 9.85. The van der Waals surface area contributed by atoms with Crippen molar-refractivity contribution in [2.24, 2.45) is 5.92 Å². The third-order valence-corrected chi connectivity index (χ3v) is 6.03. The number of carboxylic acid groups (broad SMARTS) is 1. The Hall–Kier alpha value is -2.82. The third kappa shape index (κ3) is 3.05. The van der Waals surface area contributed by atoms with Crippen molar-refractivity contribution in [1.29, 1.82) is 0 Å². The molecule has 1 N–H and O–H groups in total. The van der Waals surface area contributed by atoms with Crippen LogP contribution in [-0.2, 0) is 9.53 Å². The Balaban J connectivity index is 1.56. The Morgan fingerprint density at radius 2 is 1.61 bits per heavy atom. The van der Waals surface area contributed by atoms with E-state index in [9.17, 15) is 14.7 Å². The van der Waals surface area contributed by atoms with Gasteiger partial charge < -0.3 is 9.84 Å². The number of carbonyl (C=O) groups is 2. The highest BCUT2D eigenvalue weighted by Gasteiger charge is 2.43. The summed E-state index contributed by atoms with van der Waals surface area (Å²) < 4.78 is 5.71. The zero-order valence-corrected chi connectivity index (χ0v) is 16.2. The van der Waals surface area contributed by atoms with Gasteiger partial charge in [-0.3, -0.25) is 4.90 Å². The Morgan fingerprint density at radius 3 is 2.14 bits per heavy atom. The molecule has 1 aliphatic carbocycles. The molecule has 4 rings (SSSR count). The number of likely N-dealkylation sites (tertiary alicyclic amines) is 1. The van der Waals surface area contributed by atoms with Crippen LogP contribution in [0.15, 0.2) is 48.5 Å². The van der Waals surface area contributed by atoms with E-state index in [0.29, 0.717) is 12.8 Å². The fourth-order valence-corrected chi connectivity index (χ4v) is 4.67. The molecule has 0 aromatic heterocycles. The summed E-state index contributed by atoms with van der Waals surface area (Å²) in [7, 11) is 0. The number of ether oxygens (including phenoxy) is 1. The second-order valence-corrected chi connectivity index (χ2v) is 7.95. The average molecular weight is 379 g/mol. The summed E-state index contributed by atoms with van der Waals surface area (Å²) in [5, 5.41) is 9.52. The van der Waals surface area contributed by atoms with Crippen molar-refractivity contribution in [3.63, 3.8) is 0 Å². The lowest BCUT2D eigenvalue weighted by Gasteiger charge is -2.30. The quantitative estimate of drug-likeness (QED) is 0.849. The molecule has 0 saturated carbocycles. The van der Waals surface area contributed by atoms with Crippen molar-refractivity contribution >= 4 is 12.1 Å². The fraction of sp³-hybridized carbons (Fsp3) is 0.391. The molecule has 2 aromatic rings. The number of aliphatic carboxylic acids is 1. The van der Waals surface area contributed by atoms with Crippen LogP contribution in [0.3, 0.4) is 0 Å². The smallest absolute Gasteiger partial charge is 0.410 e. The van der Waals surface area contributed by atoms with Crippen LogP contribution in [0.1, 0.15) is 43.7 Å². The van der Waals surface area contributed by atoms with Gasteiger partial charge in [0.05, 0.1) is 0 Å². The summed E-state index contributed by atoms with van der Waals surface area (Å²) >= 11 is 0. The molecule has 146 valence electrons. The monoisotopic (exact) mass is 379 g/mol. The number of carbonyl (C=O) groups excluding carboxylic acids is 1. The maximum Gasteiger partial charge on any atom is 0.410 e. The summed E-state index contributed by atoms with van der Waals surface area (Å²) in [6, 6.07) is 15.4. The minimum absolute atomic E-state index is 0.0280. The lowest BCUT2D eigenvalue weighted by Crippen LogP contribution is -2.47. The number of rotatable bonds is 4. The SMILES string of the molecule is CC(C)[C@@H]1CC[C@@H](C(=O)O)N1C(=O)OCC1c2ccccc2-c2ccccc21. The number of nitrogens with zero attached hydrogens (tertiary/aromatic N) is 1. The second kappa shape index (κ2) is 7.30. The number of benzene rings is 2. The fourth-order valence-electron chi connectivity index (χ4n) is 4.67. The largest absolute Gasteiger partial charge is 0.480 e. The van der Waals surface area contributed by atoms with Gasteiger partial charge in [-0.1, -0.05) is 62.4 Å². The van der Waals surface area contributed by atoms with Gasteiger partial charge in [-0.2, -0.15) is 0 Å². The van der Waals surface area contributed by atoms with Crippen molar-refractivity contribution in [2.45, 2.75) is 44.7 Å². The number of amides is 1. The van der Waals surface area contributed by atoms with Crippen LogP contribution < -0.4 is 0 Å². The minimum Gasteiger partial charge on any atom is -0.480 e. The Labute approximate surface area is 164 Å². The van der Waals surface area contributed by atoms with Crippen molar-refractivity contribution < 1.29 is 19.4 Å². The molecule has 0 spiro atoms. The Bertz CT molecular complexity index is 861. The molecule has 2 aromatic carbocycles. The van der Waals surface area contributed by atoms with Gasteiger partial charge in [0.1, 0.15) is 12.6 Å². The first kappa shape index (κ1) is 18.5. The Kier molecular flexibility index (Phi) is 4.84. The van der Waals surface area contributed by atoms with E-state index in [1.54, 1.807) is 0 Å². The molecule has 2 aliphatic rings. The molecule has 0 unspecified atom stereocenters. The maximum absolute atomic E-state index is 12.9. The summed E-state index contributed by atoms with van der Waals surface area (Å²) in [6.45, 7) is 4.23. The summed E-state index contributed by atoms with van der Waals surface area (Å²) in [5.74, 6) is -0.804. The molecule has 1 fully saturated rings. The van der Waals surface area contributed by atoms with E-state index in [1.807, 2.05) is 38.1 Å². The van der Waals surface area contributed by atoms with Gasteiger partial charge in [0.2, 0.25) is 0 Å². The van der Waals surface area contributed by atoms with Crippen LogP contribution >= 0.6 is 0 Å². The van der Waals surface area contributed by atoms with E-state index in [4.69, 9.17) is 4.74 Å². The first-order valence-electron chi connectivity index (χ1n) is 9.85. The lowest BCUT2D eigenvalue weighted by atomic mass is 9.98. The molecule has 2 atom stereocenters. The van der Waals surface area contributed by atoms with Crippen LogP contribution in [0, 0.1) is 5.92 Å². The number of fused-ring (bicyclic) bond motifs is 3.